The van der Waals surface area contributed by atoms with E-state index in [0.717, 1.165) is 0 Å². The van der Waals surface area contributed by atoms with E-state index in [1.807, 2.05) is 0 Å². The molecule has 1 aromatic rings. The highest BCUT2D eigenvalue weighted by Gasteiger charge is 1.95. The number of hydrogen-bond donors (Lipinski definition) is 4. The van der Waals surface area contributed by atoms with Crippen molar-refractivity contribution in [3.05, 3.63) is 12.4 Å². The number of anilines is 2. The van der Waals surface area contributed by atoms with Crippen molar-refractivity contribution in [1.82, 2.24) is 9.97 Å². The predicted molar refractivity (Wildman–Crippen MR) is 50.0 cm³/mol. The van der Waals surface area contributed by atoms with Crippen molar-refractivity contribution < 1.29 is 5.11 Å². The minimum absolute atomic E-state index is 0.167. The third-order valence-corrected chi connectivity index (χ3v) is 1.46. The summed E-state index contributed by atoms with van der Waals surface area (Å²) in [7, 11) is 0. The van der Waals surface area contributed by atoms with E-state index in [2.05, 4.69) is 20.7 Å². The van der Waals surface area contributed by atoms with Gasteiger partial charge in [0.15, 0.2) is 0 Å². The molecular formula is C7H13N5O. The smallest absolute Gasteiger partial charge is 0.145 e. The Morgan fingerprint density at radius 3 is 2.85 bits per heavy atom. The topological polar surface area (TPSA) is 96.1 Å². The molecule has 0 amide bonds. The highest BCUT2D eigenvalue weighted by atomic mass is 16.3. The van der Waals surface area contributed by atoms with Crippen LogP contribution in [0.25, 0.3) is 0 Å². The van der Waals surface area contributed by atoms with Crippen molar-refractivity contribution in [3.8, 4) is 0 Å². The summed E-state index contributed by atoms with van der Waals surface area (Å²) in [6, 6.07) is 1.69. The predicted octanol–water partition coefficient (Wildman–Crippen LogP) is -0.444. The van der Waals surface area contributed by atoms with Gasteiger partial charge >= 0.3 is 0 Å². The van der Waals surface area contributed by atoms with Crippen LogP contribution in [0.4, 0.5) is 11.6 Å². The van der Waals surface area contributed by atoms with Crippen molar-refractivity contribution >= 4 is 11.6 Å². The Kier molecular flexibility index (Phi) is 3.94. The number of rotatable bonds is 5. The summed E-state index contributed by atoms with van der Waals surface area (Å²) < 4.78 is 0. The standard InChI is InChI=1S/C7H13N5O/c8-12-7-4-6(10-5-11-7)9-2-1-3-13/h4-5,13H,1-3,8H2,(H2,9,10,11,12). The molecule has 0 saturated heterocycles. The van der Waals surface area contributed by atoms with Crippen LogP contribution in [0.5, 0.6) is 0 Å². The first-order chi connectivity index (χ1) is 6.36. The Morgan fingerprint density at radius 2 is 2.15 bits per heavy atom. The molecule has 1 heterocycles. The third kappa shape index (κ3) is 3.22. The summed E-state index contributed by atoms with van der Waals surface area (Å²) in [6.45, 7) is 0.845. The van der Waals surface area contributed by atoms with Gasteiger partial charge in [-0.3, -0.25) is 0 Å². The van der Waals surface area contributed by atoms with Gasteiger partial charge in [0.1, 0.15) is 18.0 Å². The maximum Gasteiger partial charge on any atom is 0.145 e. The number of aliphatic hydroxyl groups excluding tert-OH is 1. The number of nitrogens with two attached hydrogens (primary N) is 1. The van der Waals surface area contributed by atoms with Gasteiger partial charge in [0.25, 0.3) is 0 Å². The van der Waals surface area contributed by atoms with Crippen LogP contribution in [0, 0.1) is 0 Å². The van der Waals surface area contributed by atoms with Gasteiger partial charge in [0.2, 0.25) is 0 Å². The van der Waals surface area contributed by atoms with Gasteiger partial charge < -0.3 is 15.8 Å². The van der Waals surface area contributed by atoms with Crippen LogP contribution in [0.2, 0.25) is 0 Å². The van der Waals surface area contributed by atoms with Crippen molar-refractivity contribution in [1.29, 1.82) is 0 Å². The van der Waals surface area contributed by atoms with Gasteiger partial charge in [-0.1, -0.05) is 0 Å². The molecule has 0 aliphatic heterocycles. The number of aromatic nitrogens is 2. The second-order valence-corrected chi connectivity index (χ2v) is 2.44. The molecule has 5 N–H and O–H groups in total. The minimum atomic E-state index is 0.167. The zero-order valence-corrected chi connectivity index (χ0v) is 7.20. The van der Waals surface area contributed by atoms with E-state index >= 15 is 0 Å². The number of nitrogens with zero attached hydrogens (tertiary/aromatic N) is 2. The largest absolute Gasteiger partial charge is 0.396 e. The van der Waals surface area contributed by atoms with E-state index in [0.29, 0.717) is 24.6 Å². The van der Waals surface area contributed by atoms with Crippen LogP contribution >= 0.6 is 0 Å². The lowest BCUT2D eigenvalue weighted by molar-refractivity contribution is 0.292. The number of aliphatic hydroxyl groups is 1. The summed E-state index contributed by atoms with van der Waals surface area (Å²) in [5, 5.41) is 11.6. The first-order valence-corrected chi connectivity index (χ1v) is 4.00. The van der Waals surface area contributed by atoms with Crippen LogP contribution in [0.1, 0.15) is 6.42 Å². The third-order valence-electron chi connectivity index (χ3n) is 1.46. The molecule has 72 valence electrons. The summed E-state index contributed by atoms with van der Waals surface area (Å²) in [6.07, 6.45) is 2.10. The first-order valence-electron chi connectivity index (χ1n) is 4.00. The molecular weight excluding hydrogens is 170 g/mol. The molecule has 0 aliphatic rings. The molecule has 0 fully saturated rings. The summed E-state index contributed by atoms with van der Waals surface area (Å²) in [4.78, 5) is 7.81. The molecule has 1 aromatic heterocycles. The van der Waals surface area contributed by atoms with Gasteiger partial charge in [-0.2, -0.15) is 0 Å². The van der Waals surface area contributed by atoms with E-state index in [1.54, 1.807) is 6.07 Å². The Hall–Kier alpha value is -1.40. The van der Waals surface area contributed by atoms with Crippen LogP contribution in [-0.2, 0) is 0 Å². The molecule has 6 heteroatoms. The highest BCUT2D eigenvalue weighted by molar-refractivity contribution is 5.45. The van der Waals surface area contributed by atoms with Crippen LogP contribution in [0.15, 0.2) is 12.4 Å². The molecule has 0 aromatic carbocycles. The van der Waals surface area contributed by atoms with Crippen LogP contribution in [-0.4, -0.2) is 28.2 Å². The van der Waals surface area contributed by atoms with Crippen molar-refractivity contribution in [2.45, 2.75) is 6.42 Å². The van der Waals surface area contributed by atoms with Gasteiger partial charge in [0, 0.05) is 19.2 Å². The first kappa shape index (κ1) is 9.69. The molecule has 0 spiro atoms. The van der Waals surface area contributed by atoms with Crippen molar-refractivity contribution in [2.75, 3.05) is 23.9 Å². The van der Waals surface area contributed by atoms with Gasteiger partial charge in [-0.25, -0.2) is 15.8 Å². The average Bonchev–Trinajstić information content (AvgIpc) is 2.19. The van der Waals surface area contributed by atoms with Gasteiger partial charge in [-0.05, 0) is 6.42 Å². The highest BCUT2D eigenvalue weighted by Crippen LogP contribution is 2.06. The normalized spacial score (nSPS) is 9.69. The summed E-state index contributed by atoms with van der Waals surface area (Å²) in [5.41, 5.74) is 2.42. The Morgan fingerprint density at radius 1 is 1.38 bits per heavy atom. The number of nitrogens with one attached hydrogen (secondary N) is 2. The van der Waals surface area contributed by atoms with E-state index in [-0.39, 0.29) is 6.61 Å². The molecule has 0 unspecified atom stereocenters. The number of nitrogen functional groups attached to an aromatic ring is 1. The minimum Gasteiger partial charge on any atom is -0.396 e. The van der Waals surface area contributed by atoms with Gasteiger partial charge in [-0.15, -0.1) is 0 Å². The SMILES string of the molecule is NNc1cc(NCCCO)ncn1. The fraction of sp³-hybridized carbons (Fsp3) is 0.429. The lowest BCUT2D eigenvalue weighted by Gasteiger charge is -2.04. The lowest BCUT2D eigenvalue weighted by Crippen LogP contribution is -2.10. The molecule has 0 bridgehead atoms. The van der Waals surface area contributed by atoms with Gasteiger partial charge in [0.05, 0.1) is 0 Å². The van der Waals surface area contributed by atoms with E-state index in [9.17, 15) is 0 Å². The quantitative estimate of drug-likeness (QED) is 0.281. The Bertz CT molecular complexity index is 254. The fourth-order valence-corrected chi connectivity index (χ4v) is 0.828. The van der Waals surface area contributed by atoms with Crippen molar-refractivity contribution in [2.24, 2.45) is 5.84 Å². The average molecular weight is 183 g/mol. The maximum atomic E-state index is 8.54. The molecule has 0 saturated carbocycles. The number of hydrazine groups is 1. The van der Waals surface area contributed by atoms with Crippen LogP contribution < -0.4 is 16.6 Å². The number of hydrogen-bond acceptors (Lipinski definition) is 6. The Labute approximate surface area is 76.2 Å². The molecule has 0 radical (unpaired) electrons. The zero-order chi connectivity index (χ0) is 9.52. The monoisotopic (exact) mass is 183 g/mol. The zero-order valence-electron chi connectivity index (χ0n) is 7.20. The summed E-state index contributed by atoms with van der Waals surface area (Å²) >= 11 is 0. The molecule has 6 nitrogen and oxygen atoms in total. The van der Waals surface area contributed by atoms with Crippen LogP contribution in [0.3, 0.4) is 0 Å². The second kappa shape index (κ2) is 5.28. The Balaban J connectivity index is 2.46. The molecule has 1 rings (SSSR count). The maximum absolute atomic E-state index is 8.54. The van der Waals surface area contributed by atoms with E-state index < -0.39 is 0 Å². The molecule has 0 aliphatic carbocycles. The van der Waals surface area contributed by atoms with E-state index in [4.69, 9.17) is 10.9 Å². The summed E-state index contributed by atoms with van der Waals surface area (Å²) in [5.74, 6) is 6.41. The van der Waals surface area contributed by atoms with Crippen molar-refractivity contribution in [3.63, 3.8) is 0 Å². The fourth-order valence-electron chi connectivity index (χ4n) is 0.828. The second-order valence-electron chi connectivity index (χ2n) is 2.44. The lowest BCUT2D eigenvalue weighted by atomic mass is 10.4. The van der Waals surface area contributed by atoms with E-state index in [1.165, 1.54) is 6.33 Å². The molecule has 13 heavy (non-hydrogen) atoms. The molecule has 0 atom stereocenters.